The second-order valence-corrected chi connectivity index (χ2v) is 7.76. The second-order valence-electron chi connectivity index (χ2n) is 7.37. The number of fused-ring (bicyclic) bond motifs is 1. The number of hydrogen-bond donors (Lipinski definition) is 3. The van der Waals surface area contributed by atoms with Crippen molar-refractivity contribution in [2.45, 2.75) is 33.4 Å². The lowest BCUT2D eigenvalue weighted by atomic mass is 10.0. The van der Waals surface area contributed by atoms with E-state index in [2.05, 4.69) is 23.3 Å². The monoisotopic (exact) mass is 409 g/mol. The number of nitrogens with one attached hydrogen (secondary N) is 2. The van der Waals surface area contributed by atoms with Gasteiger partial charge in [-0.05, 0) is 73.3 Å². The molecule has 1 atom stereocenters. The number of aliphatic hydroxyl groups excluding tert-OH is 1. The highest BCUT2D eigenvalue weighted by molar-refractivity contribution is 7.80. The van der Waals surface area contributed by atoms with E-state index in [0.29, 0.717) is 23.8 Å². The lowest BCUT2D eigenvalue weighted by molar-refractivity contribution is 0.244. The molecule has 1 heterocycles. The number of aryl methyl sites for hydroxylation is 2. The smallest absolute Gasteiger partial charge is 0.253 e. The summed E-state index contributed by atoms with van der Waals surface area (Å²) in [4.78, 5) is 17.4. The first kappa shape index (κ1) is 21.0. The summed E-state index contributed by atoms with van der Waals surface area (Å²) < 4.78 is 0. The van der Waals surface area contributed by atoms with E-state index in [1.165, 1.54) is 5.56 Å². The van der Waals surface area contributed by atoms with Crippen LogP contribution in [0, 0.1) is 13.8 Å². The Morgan fingerprint density at radius 3 is 2.55 bits per heavy atom. The number of pyridine rings is 1. The van der Waals surface area contributed by atoms with Crippen molar-refractivity contribution in [3.63, 3.8) is 0 Å². The first-order valence-corrected chi connectivity index (χ1v) is 10.1. The predicted molar refractivity (Wildman–Crippen MR) is 122 cm³/mol. The van der Waals surface area contributed by atoms with Crippen LogP contribution in [0.1, 0.15) is 35.2 Å². The Morgan fingerprint density at radius 2 is 1.86 bits per heavy atom. The number of aromatic amines is 1. The molecule has 0 unspecified atom stereocenters. The Hall–Kier alpha value is -2.70. The van der Waals surface area contributed by atoms with Crippen molar-refractivity contribution < 1.29 is 5.11 Å². The molecule has 1 aromatic heterocycles. The molecule has 0 aliphatic rings. The van der Waals surface area contributed by atoms with Crippen LogP contribution in [0.3, 0.4) is 0 Å². The number of aromatic nitrogens is 1. The van der Waals surface area contributed by atoms with Gasteiger partial charge in [-0.1, -0.05) is 30.3 Å². The summed E-state index contributed by atoms with van der Waals surface area (Å²) >= 11 is 5.58. The van der Waals surface area contributed by atoms with Gasteiger partial charge in [-0.25, -0.2) is 0 Å². The quantitative estimate of drug-likeness (QED) is 0.543. The minimum Gasteiger partial charge on any atom is -0.395 e. The van der Waals surface area contributed by atoms with Gasteiger partial charge in [-0.2, -0.15) is 0 Å². The molecular formula is C23H27N3O2S. The van der Waals surface area contributed by atoms with Gasteiger partial charge in [-0.15, -0.1) is 0 Å². The fourth-order valence-corrected chi connectivity index (χ4v) is 3.65. The molecule has 0 aliphatic carbocycles. The van der Waals surface area contributed by atoms with Crippen LogP contribution < -0.4 is 10.9 Å². The van der Waals surface area contributed by atoms with Gasteiger partial charge in [-0.3, -0.25) is 4.79 Å². The highest BCUT2D eigenvalue weighted by Crippen LogP contribution is 2.18. The van der Waals surface area contributed by atoms with Crippen LogP contribution in [0.5, 0.6) is 0 Å². The Labute approximate surface area is 176 Å². The van der Waals surface area contributed by atoms with E-state index in [-0.39, 0.29) is 18.2 Å². The molecule has 0 spiro atoms. The van der Waals surface area contributed by atoms with Crippen molar-refractivity contribution in [1.82, 2.24) is 15.2 Å². The van der Waals surface area contributed by atoms with Gasteiger partial charge in [0.25, 0.3) is 5.56 Å². The standard InChI is InChI=1S/C23H27N3O2S/c1-15-11-19-13-20(22(28)25-21(19)12-16(15)2)14-26(9-10-27)23(29)24-17(3)18-7-5-4-6-8-18/h4-8,11-13,17,27H,9-10,14H2,1-3H3,(H,24,29)(H,25,28)/t17-/m0/s1. The Balaban J connectivity index is 1.82. The van der Waals surface area contributed by atoms with Gasteiger partial charge in [0.15, 0.2) is 5.11 Å². The van der Waals surface area contributed by atoms with Gasteiger partial charge in [0.05, 0.1) is 19.2 Å². The fraction of sp³-hybridized carbons (Fsp3) is 0.304. The maximum absolute atomic E-state index is 12.6. The van der Waals surface area contributed by atoms with Crippen molar-refractivity contribution in [3.8, 4) is 0 Å². The molecule has 2 aromatic carbocycles. The second kappa shape index (κ2) is 9.20. The molecule has 3 N–H and O–H groups in total. The fourth-order valence-electron chi connectivity index (χ4n) is 3.32. The normalized spacial score (nSPS) is 12.0. The summed E-state index contributed by atoms with van der Waals surface area (Å²) in [6.45, 7) is 6.74. The van der Waals surface area contributed by atoms with E-state index in [0.717, 1.165) is 22.0 Å². The summed E-state index contributed by atoms with van der Waals surface area (Å²) in [5.41, 5.74) is 4.75. The molecule has 0 saturated carbocycles. The predicted octanol–water partition coefficient (Wildman–Crippen LogP) is 3.57. The maximum Gasteiger partial charge on any atom is 0.253 e. The third-order valence-electron chi connectivity index (χ3n) is 5.19. The molecular weight excluding hydrogens is 382 g/mol. The van der Waals surface area contributed by atoms with Crippen molar-refractivity contribution in [1.29, 1.82) is 0 Å². The number of nitrogens with zero attached hydrogens (tertiary/aromatic N) is 1. The van der Waals surface area contributed by atoms with Crippen LogP contribution in [-0.2, 0) is 6.54 Å². The lowest BCUT2D eigenvalue weighted by Crippen LogP contribution is -2.42. The Kier molecular flexibility index (Phi) is 6.67. The van der Waals surface area contributed by atoms with Crippen LogP contribution in [0.2, 0.25) is 0 Å². The SMILES string of the molecule is Cc1cc2cc(CN(CCO)C(=S)N[C@@H](C)c3ccccc3)c(=O)[nH]c2cc1C. The number of H-pyrrole nitrogens is 1. The zero-order chi connectivity index (χ0) is 21.0. The van der Waals surface area contributed by atoms with E-state index in [9.17, 15) is 9.90 Å². The minimum atomic E-state index is -0.136. The highest BCUT2D eigenvalue weighted by atomic mass is 32.1. The van der Waals surface area contributed by atoms with E-state index in [4.69, 9.17) is 12.2 Å². The third-order valence-corrected chi connectivity index (χ3v) is 5.57. The van der Waals surface area contributed by atoms with Gasteiger partial charge < -0.3 is 20.3 Å². The van der Waals surface area contributed by atoms with E-state index < -0.39 is 0 Å². The number of benzene rings is 2. The summed E-state index contributed by atoms with van der Waals surface area (Å²) in [7, 11) is 0. The topological polar surface area (TPSA) is 68.4 Å². The van der Waals surface area contributed by atoms with Crippen molar-refractivity contribution >= 4 is 28.2 Å². The van der Waals surface area contributed by atoms with E-state index >= 15 is 0 Å². The van der Waals surface area contributed by atoms with Gasteiger partial charge in [0.1, 0.15) is 0 Å². The molecule has 5 nitrogen and oxygen atoms in total. The van der Waals surface area contributed by atoms with E-state index in [1.807, 2.05) is 61.2 Å². The van der Waals surface area contributed by atoms with Crippen LogP contribution in [-0.4, -0.2) is 33.3 Å². The third kappa shape index (κ3) is 5.02. The summed E-state index contributed by atoms with van der Waals surface area (Å²) in [6.07, 6.45) is 0. The Morgan fingerprint density at radius 1 is 1.17 bits per heavy atom. The van der Waals surface area contributed by atoms with Crippen LogP contribution in [0.25, 0.3) is 10.9 Å². The summed E-state index contributed by atoms with van der Waals surface area (Å²) in [6, 6.07) is 16.0. The zero-order valence-electron chi connectivity index (χ0n) is 17.0. The van der Waals surface area contributed by atoms with Gasteiger partial charge >= 0.3 is 0 Å². The average molecular weight is 410 g/mol. The molecule has 152 valence electrons. The summed E-state index contributed by atoms with van der Waals surface area (Å²) in [5.74, 6) is 0. The molecule has 29 heavy (non-hydrogen) atoms. The van der Waals surface area contributed by atoms with E-state index in [1.54, 1.807) is 0 Å². The molecule has 3 rings (SSSR count). The largest absolute Gasteiger partial charge is 0.395 e. The molecule has 6 heteroatoms. The molecule has 0 amide bonds. The maximum atomic E-state index is 12.6. The van der Waals surface area contributed by atoms with Crippen molar-refractivity contribution in [2.75, 3.05) is 13.2 Å². The molecule has 0 bridgehead atoms. The molecule has 0 fully saturated rings. The first-order chi connectivity index (χ1) is 13.9. The molecule has 0 radical (unpaired) electrons. The number of aliphatic hydroxyl groups is 1. The highest BCUT2D eigenvalue weighted by Gasteiger charge is 2.15. The van der Waals surface area contributed by atoms with Gasteiger partial charge in [0.2, 0.25) is 0 Å². The summed E-state index contributed by atoms with van der Waals surface area (Å²) in [5, 5.41) is 14.3. The molecule has 3 aromatic rings. The minimum absolute atomic E-state index is 0.0189. The molecule has 0 aliphatic heterocycles. The van der Waals surface area contributed by atoms with Crippen LogP contribution in [0.15, 0.2) is 53.3 Å². The van der Waals surface area contributed by atoms with Crippen LogP contribution in [0.4, 0.5) is 0 Å². The molecule has 0 saturated heterocycles. The zero-order valence-corrected chi connectivity index (χ0v) is 17.8. The van der Waals surface area contributed by atoms with Crippen LogP contribution >= 0.6 is 12.2 Å². The first-order valence-electron chi connectivity index (χ1n) is 9.73. The van der Waals surface area contributed by atoms with Crippen molar-refractivity contribution in [2.24, 2.45) is 0 Å². The number of rotatable bonds is 6. The lowest BCUT2D eigenvalue weighted by Gasteiger charge is -2.27. The number of thiocarbonyl (C=S) groups is 1. The average Bonchev–Trinajstić information content (AvgIpc) is 2.70. The van der Waals surface area contributed by atoms with Crippen molar-refractivity contribution in [3.05, 3.63) is 81.1 Å². The number of hydrogen-bond acceptors (Lipinski definition) is 3. The Bertz CT molecular complexity index is 1060. The van der Waals surface area contributed by atoms with Gasteiger partial charge in [0, 0.05) is 17.6 Å².